The number of benzene rings is 1. The molecule has 26 heavy (non-hydrogen) atoms. The highest BCUT2D eigenvalue weighted by Crippen LogP contribution is 2.31. The van der Waals surface area contributed by atoms with Crippen LogP contribution in [0.4, 0.5) is 0 Å². The highest BCUT2D eigenvalue weighted by atomic mass is 32.1. The normalized spacial score (nSPS) is 10.7. The summed E-state index contributed by atoms with van der Waals surface area (Å²) in [5.41, 5.74) is 1.02. The molecule has 134 valence electrons. The Kier molecular flexibility index (Phi) is 5.34. The second kappa shape index (κ2) is 7.67. The van der Waals surface area contributed by atoms with Crippen molar-refractivity contribution >= 4 is 33.9 Å². The molecule has 8 heteroatoms. The van der Waals surface area contributed by atoms with Crippen molar-refractivity contribution in [1.82, 2.24) is 14.5 Å². The van der Waals surface area contributed by atoms with Gasteiger partial charge in [-0.15, -0.1) is 6.58 Å². The Hall–Kier alpha value is -2.71. The predicted octanol–water partition coefficient (Wildman–Crippen LogP) is 3.94. The largest absolute Gasteiger partial charge is 0.493 e. The van der Waals surface area contributed by atoms with E-state index in [1.54, 1.807) is 36.0 Å². The third-order valence-corrected chi connectivity index (χ3v) is 5.07. The first-order valence-corrected chi connectivity index (χ1v) is 8.98. The molecule has 1 aromatic carbocycles. The van der Waals surface area contributed by atoms with Gasteiger partial charge in [-0.05, 0) is 30.4 Å². The smallest absolute Gasteiger partial charge is 0.270 e. The molecule has 0 spiro atoms. The number of aromatic amines is 1. The van der Waals surface area contributed by atoms with Gasteiger partial charge < -0.3 is 19.0 Å². The van der Waals surface area contributed by atoms with E-state index in [1.807, 2.05) is 6.07 Å². The first-order valence-electron chi connectivity index (χ1n) is 7.75. The van der Waals surface area contributed by atoms with Crippen LogP contribution in [0.2, 0.25) is 0 Å². The highest BCUT2D eigenvalue weighted by Gasteiger charge is 2.14. The molecule has 2 aromatic heterocycles. The molecule has 0 fully saturated rings. The van der Waals surface area contributed by atoms with Gasteiger partial charge in [-0.2, -0.15) is 0 Å². The van der Waals surface area contributed by atoms with Gasteiger partial charge >= 0.3 is 0 Å². The molecule has 0 unspecified atom stereocenters. The summed E-state index contributed by atoms with van der Waals surface area (Å²) in [4.78, 5) is 19.9. The molecule has 0 saturated heterocycles. The van der Waals surface area contributed by atoms with Gasteiger partial charge in [0.15, 0.2) is 21.1 Å². The minimum absolute atomic E-state index is 0.227. The van der Waals surface area contributed by atoms with Gasteiger partial charge in [-0.3, -0.25) is 4.79 Å². The number of ether oxygens (including phenoxy) is 2. The lowest BCUT2D eigenvalue weighted by molar-refractivity contribution is 0.326. The zero-order chi connectivity index (χ0) is 18.7. The van der Waals surface area contributed by atoms with Crippen LogP contribution in [-0.2, 0) is 6.54 Å². The Morgan fingerprint density at radius 3 is 2.85 bits per heavy atom. The molecule has 0 aliphatic heterocycles. The van der Waals surface area contributed by atoms with Crippen LogP contribution in [0.1, 0.15) is 0 Å². The fourth-order valence-corrected chi connectivity index (χ4v) is 3.71. The number of hydrogen-bond donors (Lipinski definition) is 1. The van der Waals surface area contributed by atoms with Crippen molar-refractivity contribution in [3.8, 4) is 22.9 Å². The third-order valence-electron chi connectivity index (χ3n) is 3.63. The maximum atomic E-state index is 12.5. The number of hydrogen-bond acceptors (Lipinski definition) is 6. The molecular formula is C18H17N3O3S2. The quantitative estimate of drug-likeness (QED) is 0.491. The number of allylic oxidation sites excluding steroid dienone is 1. The molecule has 0 atom stereocenters. The molecule has 0 radical (unpaired) electrons. The van der Waals surface area contributed by atoms with E-state index in [0.29, 0.717) is 50.3 Å². The topological polar surface area (TPSA) is 69.1 Å². The summed E-state index contributed by atoms with van der Waals surface area (Å²) >= 11 is 6.57. The van der Waals surface area contributed by atoms with Crippen LogP contribution in [0, 0.1) is 3.95 Å². The van der Waals surface area contributed by atoms with Crippen molar-refractivity contribution in [2.75, 3.05) is 13.7 Å². The number of aromatic nitrogens is 3. The van der Waals surface area contributed by atoms with Gasteiger partial charge in [0, 0.05) is 12.1 Å². The molecule has 0 bridgehead atoms. The minimum atomic E-state index is -0.227. The van der Waals surface area contributed by atoms with Crippen molar-refractivity contribution in [3.05, 3.63) is 57.8 Å². The summed E-state index contributed by atoms with van der Waals surface area (Å²) in [7, 11) is 1.56. The lowest BCUT2D eigenvalue weighted by Gasteiger charge is -2.11. The summed E-state index contributed by atoms with van der Waals surface area (Å²) in [6.45, 7) is 8.22. The fourth-order valence-electron chi connectivity index (χ4n) is 2.46. The second-order valence-electron chi connectivity index (χ2n) is 5.30. The monoisotopic (exact) mass is 387 g/mol. The second-order valence-corrected chi connectivity index (χ2v) is 6.94. The minimum Gasteiger partial charge on any atom is -0.493 e. The fraction of sp³-hybridized carbons (Fsp3) is 0.167. The Bertz CT molecular complexity index is 1100. The average molecular weight is 387 g/mol. The maximum absolute atomic E-state index is 12.5. The van der Waals surface area contributed by atoms with Gasteiger partial charge in [0.05, 0.1) is 7.11 Å². The number of rotatable bonds is 7. The van der Waals surface area contributed by atoms with Crippen LogP contribution in [0.15, 0.2) is 48.3 Å². The van der Waals surface area contributed by atoms with Crippen LogP contribution in [-0.4, -0.2) is 28.3 Å². The van der Waals surface area contributed by atoms with Crippen molar-refractivity contribution in [1.29, 1.82) is 0 Å². The molecule has 0 aliphatic carbocycles. The summed E-state index contributed by atoms with van der Waals surface area (Å²) < 4.78 is 13.8. The zero-order valence-electron chi connectivity index (χ0n) is 14.2. The van der Waals surface area contributed by atoms with Crippen LogP contribution < -0.4 is 15.0 Å². The molecule has 0 saturated carbocycles. The number of fused-ring (bicyclic) bond motifs is 1. The average Bonchev–Trinajstić information content (AvgIpc) is 2.96. The zero-order valence-corrected chi connectivity index (χ0v) is 15.8. The van der Waals surface area contributed by atoms with Gasteiger partial charge in [0.1, 0.15) is 17.1 Å². The lowest BCUT2D eigenvalue weighted by Crippen LogP contribution is -2.10. The summed E-state index contributed by atoms with van der Waals surface area (Å²) in [6, 6.07) is 5.34. The van der Waals surface area contributed by atoms with E-state index >= 15 is 0 Å². The van der Waals surface area contributed by atoms with Gasteiger partial charge in [-0.1, -0.05) is 30.1 Å². The number of H-pyrrole nitrogens is 1. The standard InChI is InChI=1S/C18H17N3O3S2/c1-4-8-21-16-14(26-18(21)25)17(22)20-15(19-16)11-6-7-12(24-9-5-2)13(10-11)23-3/h4-7,10H,1-2,8-9H2,3H3,(H,19,20,22). The van der Waals surface area contributed by atoms with Crippen LogP contribution in [0.5, 0.6) is 11.5 Å². The molecule has 3 aromatic rings. The molecule has 0 aliphatic rings. The molecule has 0 amide bonds. The van der Waals surface area contributed by atoms with E-state index in [9.17, 15) is 4.79 Å². The molecular weight excluding hydrogens is 370 g/mol. The Morgan fingerprint density at radius 2 is 2.15 bits per heavy atom. The van der Waals surface area contributed by atoms with E-state index in [4.69, 9.17) is 21.7 Å². The van der Waals surface area contributed by atoms with Gasteiger partial charge in [-0.25, -0.2) is 4.98 Å². The van der Waals surface area contributed by atoms with Gasteiger partial charge in [0.2, 0.25) is 0 Å². The Morgan fingerprint density at radius 1 is 1.35 bits per heavy atom. The Labute approximate surface area is 159 Å². The first-order chi connectivity index (χ1) is 12.6. The van der Waals surface area contributed by atoms with Crippen molar-refractivity contribution in [3.63, 3.8) is 0 Å². The first kappa shape index (κ1) is 18.1. The summed E-state index contributed by atoms with van der Waals surface area (Å²) in [5, 5.41) is 0. The van der Waals surface area contributed by atoms with Gasteiger partial charge in [0.25, 0.3) is 5.56 Å². The lowest BCUT2D eigenvalue weighted by atomic mass is 10.2. The van der Waals surface area contributed by atoms with Crippen LogP contribution in [0.25, 0.3) is 21.7 Å². The van der Waals surface area contributed by atoms with Crippen molar-refractivity contribution in [2.24, 2.45) is 0 Å². The van der Waals surface area contributed by atoms with E-state index < -0.39 is 0 Å². The summed E-state index contributed by atoms with van der Waals surface area (Å²) in [5.74, 6) is 1.56. The molecule has 6 nitrogen and oxygen atoms in total. The SMILES string of the molecule is C=CCOc1ccc(-c2nc3c(sc(=S)n3CC=C)c(=O)[nH]2)cc1OC. The summed E-state index contributed by atoms with van der Waals surface area (Å²) in [6.07, 6.45) is 3.38. The predicted molar refractivity (Wildman–Crippen MR) is 107 cm³/mol. The van der Waals surface area contributed by atoms with E-state index in [2.05, 4.69) is 23.1 Å². The molecule has 1 N–H and O–H groups in total. The highest BCUT2D eigenvalue weighted by molar-refractivity contribution is 7.73. The van der Waals surface area contributed by atoms with Crippen LogP contribution >= 0.6 is 23.6 Å². The number of nitrogens with zero attached hydrogens (tertiary/aromatic N) is 2. The van der Waals surface area contributed by atoms with Crippen molar-refractivity contribution < 1.29 is 9.47 Å². The van der Waals surface area contributed by atoms with Crippen molar-refractivity contribution in [2.45, 2.75) is 6.54 Å². The maximum Gasteiger partial charge on any atom is 0.270 e. The number of methoxy groups -OCH3 is 1. The third kappa shape index (κ3) is 3.33. The molecule has 2 heterocycles. The van der Waals surface area contributed by atoms with Crippen LogP contribution in [0.3, 0.4) is 0 Å². The number of nitrogens with one attached hydrogen (secondary N) is 1. The van der Waals surface area contributed by atoms with E-state index in [1.165, 1.54) is 11.3 Å². The Balaban J connectivity index is 2.14. The molecule has 3 rings (SSSR count). The van der Waals surface area contributed by atoms with E-state index in [-0.39, 0.29) is 5.56 Å². The number of thiazole rings is 1. The van der Waals surface area contributed by atoms with E-state index in [0.717, 1.165) is 0 Å².